The summed E-state index contributed by atoms with van der Waals surface area (Å²) in [7, 11) is 4.64. The molecule has 0 aliphatic rings. The van der Waals surface area contributed by atoms with E-state index in [0.717, 1.165) is 10.9 Å². The SMILES string of the molecule is COc1cccc(OC)c1C(=O)Pc1ccc(OC(C)OC)cc1C. The molecule has 0 saturated heterocycles. The predicted octanol–water partition coefficient (Wildman–Crippen LogP) is 3.53. The number of methoxy groups -OCH3 is 3. The molecule has 0 aromatic heterocycles. The van der Waals surface area contributed by atoms with Gasteiger partial charge in [-0.1, -0.05) is 12.1 Å². The Morgan fingerprint density at radius 2 is 1.68 bits per heavy atom. The molecule has 2 aromatic rings. The van der Waals surface area contributed by atoms with E-state index in [-0.39, 0.29) is 20.4 Å². The van der Waals surface area contributed by atoms with Gasteiger partial charge < -0.3 is 18.9 Å². The van der Waals surface area contributed by atoms with E-state index < -0.39 is 0 Å². The third-order valence-electron chi connectivity index (χ3n) is 3.73. The van der Waals surface area contributed by atoms with Crippen LogP contribution in [0.5, 0.6) is 17.2 Å². The highest BCUT2D eigenvalue weighted by atomic mass is 31.1. The molecule has 0 fully saturated rings. The molecule has 2 unspecified atom stereocenters. The van der Waals surface area contributed by atoms with Gasteiger partial charge in [0.2, 0.25) is 0 Å². The minimum absolute atomic E-state index is 0.0312. The van der Waals surface area contributed by atoms with E-state index in [1.54, 1.807) is 39.5 Å². The lowest BCUT2D eigenvalue weighted by Crippen LogP contribution is -2.14. The maximum atomic E-state index is 12.8. The number of hydrogen-bond donors (Lipinski definition) is 0. The van der Waals surface area contributed by atoms with Gasteiger partial charge in [-0.15, -0.1) is 0 Å². The van der Waals surface area contributed by atoms with Gasteiger partial charge in [-0.3, -0.25) is 4.79 Å². The Hall–Kier alpha value is -2.10. The summed E-state index contributed by atoms with van der Waals surface area (Å²) in [6, 6.07) is 11.0. The first kappa shape index (κ1) is 19.2. The maximum Gasteiger partial charge on any atom is 0.196 e. The number of ether oxygens (including phenoxy) is 4. The Labute approximate surface area is 150 Å². The van der Waals surface area contributed by atoms with Gasteiger partial charge in [0.25, 0.3) is 0 Å². The molecular weight excluding hydrogens is 339 g/mol. The Balaban J connectivity index is 2.24. The molecule has 0 aliphatic carbocycles. The topological polar surface area (TPSA) is 54.0 Å². The minimum Gasteiger partial charge on any atom is -0.496 e. The van der Waals surface area contributed by atoms with Crippen molar-refractivity contribution >= 4 is 19.4 Å². The van der Waals surface area contributed by atoms with Gasteiger partial charge in [0.05, 0.1) is 14.2 Å². The van der Waals surface area contributed by atoms with Gasteiger partial charge in [0.15, 0.2) is 11.8 Å². The molecule has 2 rings (SSSR count). The largest absolute Gasteiger partial charge is 0.496 e. The van der Waals surface area contributed by atoms with Crippen molar-refractivity contribution in [2.45, 2.75) is 20.1 Å². The first-order chi connectivity index (χ1) is 12.0. The predicted molar refractivity (Wildman–Crippen MR) is 100 cm³/mol. The second-order valence-corrected chi connectivity index (χ2v) is 6.63. The molecule has 2 atom stereocenters. The third-order valence-corrected chi connectivity index (χ3v) is 5.04. The van der Waals surface area contributed by atoms with Crippen LogP contribution in [0.1, 0.15) is 22.8 Å². The summed E-state index contributed by atoms with van der Waals surface area (Å²) in [5, 5.41) is 0.954. The molecule has 2 aromatic carbocycles. The molecule has 0 radical (unpaired) electrons. The summed E-state index contributed by atoms with van der Waals surface area (Å²) in [5.41, 5.74) is 1.43. The van der Waals surface area contributed by atoms with Crippen LogP contribution in [0.15, 0.2) is 36.4 Å². The molecule has 0 saturated carbocycles. The summed E-state index contributed by atoms with van der Waals surface area (Å²) in [6.45, 7) is 3.78. The van der Waals surface area contributed by atoms with Crippen LogP contribution in [-0.2, 0) is 4.74 Å². The quantitative estimate of drug-likeness (QED) is 0.531. The van der Waals surface area contributed by atoms with Crippen molar-refractivity contribution in [1.82, 2.24) is 0 Å². The smallest absolute Gasteiger partial charge is 0.196 e. The Bertz CT molecular complexity index is 722. The number of benzene rings is 2. The molecule has 0 aliphatic heterocycles. The van der Waals surface area contributed by atoms with E-state index in [2.05, 4.69) is 0 Å². The van der Waals surface area contributed by atoms with Gasteiger partial charge in [-0.05, 0) is 57.6 Å². The second-order valence-electron chi connectivity index (χ2n) is 5.39. The molecule has 0 spiro atoms. The minimum atomic E-state index is -0.327. The lowest BCUT2D eigenvalue weighted by atomic mass is 10.2. The lowest BCUT2D eigenvalue weighted by molar-refractivity contribution is -0.0382. The van der Waals surface area contributed by atoms with Crippen LogP contribution in [-0.4, -0.2) is 33.1 Å². The highest BCUT2D eigenvalue weighted by Crippen LogP contribution is 2.34. The van der Waals surface area contributed by atoms with Gasteiger partial charge in [0.1, 0.15) is 22.8 Å². The van der Waals surface area contributed by atoms with Crippen LogP contribution in [0.2, 0.25) is 0 Å². The van der Waals surface area contributed by atoms with Gasteiger partial charge >= 0.3 is 0 Å². The van der Waals surface area contributed by atoms with Crippen molar-refractivity contribution in [3.05, 3.63) is 47.5 Å². The normalized spacial score (nSPS) is 12.2. The first-order valence-electron chi connectivity index (χ1n) is 7.82. The van der Waals surface area contributed by atoms with Crippen molar-refractivity contribution in [1.29, 1.82) is 0 Å². The maximum absolute atomic E-state index is 12.8. The molecule has 0 amide bonds. The van der Waals surface area contributed by atoms with Gasteiger partial charge in [0, 0.05) is 7.11 Å². The second kappa shape index (κ2) is 8.84. The van der Waals surface area contributed by atoms with Crippen molar-refractivity contribution in [3.63, 3.8) is 0 Å². The van der Waals surface area contributed by atoms with Gasteiger partial charge in [-0.25, -0.2) is 0 Å². The number of rotatable bonds is 8. The zero-order valence-corrected chi connectivity index (χ0v) is 16.1. The molecule has 5 nitrogen and oxygen atoms in total. The fraction of sp³-hybridized carbons (Fsp3) is 0.316. The molecule has 134 valence electrons. The first-order valence-corrected chi connectivity index (χ1v) is 8.82. The molecular formula is C19H23O5P. The van der Waals surface area contributed by atoms with Crippen molar-refractivity contribution in [2.75, 3.05) is 21.3 Å². The van der Waals surface area contributed by atoms with E-state index in [4.69, 9.17) is 18.9 Å². The zero-order valence-electron chi connectivity index (χ0n) is 15.1. The summed E-state index contributed by atoms with van der Waals surface area (Å²) in [4.78, 5) is 12.8. The summed E-state index contributed by atoms with van der Waals surface area (Å²) in [5.74, 6) is 1.74. The average Bonchev–Trinajstić information content (AvgIpc) is 2.62. The standard InChI is InChI=1S/C19H23O5P/c1-12-11-14(24-13(2)21-3)9-10-17(12)25-19(20)18-15(22-4)7-6-8-16(18)23-5/h6-11,13,25H,1-5H3. The summed E-state index contributed by atoms with van der Waals surface area (Å²) < 4.78 is 21.4. The Morgan fingerprint density at radius 3 is 2.20 bits per heavy atom. The van der Waals surface area contributed by atoms with E-state index in [1.807, 2.05) is 32.0 Å². The lowest BCUT2D eigenvalue weighted by Gasteiger charge is -2.15. The fourth-order valence-electron chi connectivity index (χ4n) is 2.35. The van der Waals surface area contributed by atoms with E-state index in [1.165, 1.54) is 0 Å². The highest BCUT2D eigenvalue weighted by Gasteiger charge is 2.19. The van der Waals surface area contributed by atoms with Crippen LogP contribution in [0.3, 0.4) is 0 Å². The Morgan fingerprint density at radius 1 is 1.04 bits per heavy atom. The summed E-state index contributed by atoms with van der Waals surface area (Å²) >= 11 is 0. The number of hydrogen-bond acceptors (Lipinski definition) is 5. The summed E-state index contributed by atoms with van der Waals surface area (Å²) in [6.07, 6.45) is -0.327. The van der Waals surface area contributed by atoms with Crippen LogP contribution in [0.4, 0.5) is 0 Å². The zero-order chi connectivity index (χ0) is 18.4. The van der Waals surface area contributed by atoms with Crippen LogP contribution >= 0.6 is 8.58 Å². The highest BCUT2D eigenvalue weighted by molar-refractivity contribution is 7.66. The van der Waals surface area contributed by atoms with Crippen molar-refractivity contribution in [3.8, 4) is 17.2 Å². The number of aryl methyl sites for hydroxylation is 1. The third kappa shape index (κ3) is 4.71. The molecule has 0 bridgehead atoms. The molecule has 0 N–H and O–H groups in total. The molecule has 25 heavy (non-hydrogen) atoms. The fourth-order valence-corrected chi connectivity index (χ4v) is 3.40. The van der Waals surface area contributed by atoms with Gasteiger partial charge in [-0.2, -0.15) is 0 Å². The average molecular weight is 362 g/mol. The van der Waals surface area contributed by atoms with E-state index >= 15 is 0 Å². The van der Waals surface area contributed by atoms with Crippen LogP contribution in [0.25, 0.3) is 0 Å². The van der Waals surface area contributed by atoms with E-state index in [0.29, 0.717) is 22.8 Å². The van der Waals surface area contributed by atoms with Crippen LogP contribution < -0.4 is 19.5 Å². The van der Waals surface area contributed by atoms with Crippen molar-refractivity contribution in [2.24, 2.45) is 0 Å². The van der Waals surface area contributed by atoms with Crippen LogP contribution in [0, 0.1) is 6.92 Å². The number of carbonyl (C=O) groups excluding carboxylic acids is 1. The Kier molecular flexibility index (Phi) is 6.80. The molecule has 0 heterocycles. The van der Waals surface area contributed by atoms with E-state index in [9.17, 15) is 4.79 Å². The molecule has 6 heteroatoms. The van der Waals surface area contributed by atoms with Crippen molar-refractivity contribution < 1.29 is 23.7 Å². The number of carbonyl (C=O) groups is 1. The monoisotopic (exact) mass is 362 g/mol.